The molecule has 2 aliphatic rings. The molecule has 0 aliphatic carbocycles. The van der Waals surface area contributed by atoms with Gasteiger partial charge in [-0.05, 0) is 72.0 Å². The van der Waals surface area contributed by atoms with E-state index in [0.29, 0.717) is 45.0 Å². The zero-order chi connectivity index (χ0) is 33.9. The molecule has 1 fully saturated rings. The molecule has 47 heavy (non-hydrogen) atoms. The van der Waals surface area contributed by atoms with E-state index in [9.17, 15) is 26.3 Å². The van der Waals surface area contributed by atoms with E-state index in [1.807, 2.05) is 19.2 Å². The number of morpholine rings is 1. The van der Waals surface area contributed by atoms with Gasteiger partial charge in [0.25, 0.3) is 0 Å². The molecular weight excluding hydrogens is 624 g/mol. The maximum atomic E-state index is 13.8. The van der Waals surface area contributed by atoms with E-state index in [1.54, 1.807) is 24.4 Å². The lowest BCUT2D eigenvalue weighted by Crippen LogP contribution is -2.37. The Morgan fingerprint density at radius 1 is 0.894 bits per heavy atom. The number of alkyl halides is 6. The first-order valence-corrected chi connectivity index (χ1v) is 15.5. The third kappa shape index (κ3) is 8.36. The lowest BCUT2D eigenvalue weighted by atomic mass is 9.89. The van der Waals surface area contributed by atoms with Gasteiger partial charge in [0.1, 0.15) is 5.75 Å². The number of likely N-dealkylation sites (N-methyl/N-ethyl adjacent to an activating group) is 1. The van der Waals surface area contributed by atoms with Crippen molar-refractivity contribution in [2.75, 3.05) is 69.9 Å². The maximum absolute atomic E-state index is 13.8. The first-order chi connectivity index (χ1) is 22.2. The van der Waals surface area contributed by atoms with Crippen molar-refractivity contribution >= 4 is 17.2 Å². The van der Waals surface area contributed by atoms with Gasteiger partial charge >= 0.3 is 12.4 Å². The summed E-state index contributed by atoms with van der Waals surface area (Å²) in [4.78, 5) is 15.0. The second-order valence-corrected chi connectivity index (χ2v) is 12.3. The largest absolute Gasteiger partial charge is 0.496 e. The number of hydrogen-bond acceptors (Lipinski definition) is 7. The molecule has 3 aromatic rings. The summed E-state index contributed by atoms with van der Waals surface area (Å²) in [6.45, 7) is 7.78. The molecule has 13 heteroatoms. The highest BCUT2D eigenvalue weighted by Crippen LogP contribution is 2.38. The van der Waals surface area contributed by atoms with Crippen molar-refractivity contribution in [1.29, 1.82) is 0 Å². The number of ether oxygens (including phenoxy) is 2. The van der Waals surface area contributed by atoms with Crippen LogP contribution in [0.25, 0.3) is 5.57 Å². The summed E-state index contributed by atoms with van der Waals surface area (Å²) in [7, 11) is 3.57. The van der Waals surface area contributed by atoms with Crippen LogP contribution in [0.4, 0.5) is 38.0 Å². The number of methoxy groups -OCH3 is 1. The van der Waals surface area contributed by atoms with E-state index in [-0.39, 0.29) is 36.6 Å². The summed E-state index contributed by atoms with van der Waals surface area (Å²) in [5.74, 6) is 1.14. The normalized spacial score (nSPS) is 16.6. The van der Waals surface area contributed by atoms with Gasteiger partial charge in [0, 0.05) is 44.8 Å². The van der Waals surface area contributed by atoms with Crippen molar-refractivity contribution in [3.8, 4) is 5.75 Å². The van der Waals surface area contributed by atoms with Gasteiger partial charge in [-0.1, -0.05) is 19.9 Å². The van der Waals surface area contributed by atoms with Crippen LogP contribution in [0.2, 0.25) is 0 Å². The van der Waals surface area contributed by atoms with Gasteiger partial charge < -0.3 is 24.2 Å². The summed E-state index contributed by atoms with van der Waals surface area (Å²) in [6, 6.07) is 7.73. The molecule has 254 valence electrons. The van der Waals surface area contributed by atoms with E-state index < -0.39 is 23.5 Å². The number of hydrogen-bond donors (Lipinski definition) is 0. The highest BCUT2D eigenvalue weighted by Gasteiger charge is 2.37. The minimum Gasteiger partial charge on any atom is -0.496 e. The lowest BCUT2D eigenvalue weighted by Gasteiger charge is -2.33. The fourth-order valence-corrected chi connectivity index (χ4v) is 5.99. The van der Waals surface area contributed by atoms with Crippen molar-refractivity contribution < 1.29 is 35.8 Å². The Balaban J connectivity index is 1.60. The fraction of sp³-hybridized carbons (Fsp3) is 0.471. The summed E-state index contributed by atoms with van der Waals surface area (Å²) in [5.41, 5.74) is 1.88. The lowest BCUT2D eigenvalue weighted by molar-refractivity contribution is -0.143. The molecule has 0 unspecified atom stereocenters. The number of aromatic nitrogens is 2. The van der Waals surface area contributed by atoms with Crippen LogP contribution in [0.15, 0.2) is 54.4 Å². The molecule has 0 spiro atoms. The van der Waals surface area contributed by atoms with Gasteiger partial charge in [-0.2, -0.15) is 26.3 Å². The molecule has 1 saturated heterocycles. The number of anilines is 2. The van der Waals surface area contributed by atoms with Crippen LogP contribution < -0.4 is 14.5 Å². The van der Waals surface area contributed by atoms with Gasteiger partial charge in [0.15, 0.2) is 0 Å². The monoisotopic (exact) mass is 663 g/mol. The van der Waals surface area contributed by atoms with Gasteiger partial charge in [-0.15, -0.1) is 0 Å². The van der Waals surface area contributed by atoms with Crippen LogP contribution in [0, 0.1) is 0 Å². The summed E-state index contributed by atoms with van der Waals surface area (Å²) < 4.78 is 93.9. The van der Waals surface area contributed by atoms with Gasteiger partial charge in [0.05, 0.1) is 49.5 Å². The van der Waals surface area contributed by atoms with Crippen molar-refractivity contribution in [1.82, 2.24) is 14.9 Å². The van der Waals surface area contributed by atoms with Crippen LogP contribution in [-0.2, 0) is 23.6 Å². The van der Waals surface area contributed by atoms with Gasteiger partial charge in [0.2, 0.25) is 5.95 Å². The molecule has 0 atom stereocenters. The molecule has 0 saturated carbocycles. The molecule has 7 nitrogen and oxygen atoms in total. The van der Waals surface area contributed by atoms with Crippen molar-refractivity contribution in [2.45, 2.75) is 45.1 Å². The summed E-state index contributed by atoms with van der Waals surface area (Å²) in [5, 5.41) is 0. The number of rotatable bonds is 9. The van der Waals surface area contributed by atoms with Gasteiger partial charge in [-0.3, -0.25) is 0 Å². The Kier molecular flexibility index (Phi) is 10.4. The van der Waals surface area contributed by atoms with Crippen LogP contribution in [0.5, 0.6) is 5.75 Å². The summed E-state index contributed by atoms with van der Waals surface area (Å²) >= 11 is 0. The van der Waals surface area contributed by atoms with E-state index >= 15 is 0 Å². The minimum atomic E-state index is -4.96. The smallest absolute Gasteiger partial charge is 0.416 e. The average molecular weight is 664 g/mol. The van der Waals surface area contributed by atoms with E-state index in [4.69, 9.17) is 9.47 Å². The number of benzene rings is 2. The average Bonchev–Trinajstić information content (AvgIpc) is 3.04. The first-order valence-electron chi connectivity index (χ1n) is 15.5. The quantitative estimate of drug-likeness (QED) is 0.223. The third-order valence-electron chi connectivity index (χ3n) is 8.53. The third-order valence-corrected chi connectivity index (χ3v) is 8.53. The highest BCUT2D eigenvalue weighted by molar-refractivity contribution is 5.75. The van der Waals surface area contributed by atoms with E-state index in [1.165, 1.54) is 0 Å². The van der Waals surface area contributed by atoms with Gasteiger partial charge in [-0.25, -0.2) is 9.97 Å². The van der Waals surface area contributed by atoms with Crippen molar-refractivity contribution in [3.63, 3.8) is 0 Å². The van der Waals surface area contributed by atoms with E-state index in [0.717, 1.165) is 46.6 Å². The Labute approximate surface area is 270 Å². The molecule has 5 rings (SSSR count). The first kappa shape index (κ1) is 34.5. The highest BCUT2D eigenvalue weighted by atomic mass is 19.4. The summed E-state index contributed by atoms with van der Waals surface area (Å²) in [6.07, 6.45) is -5.99. The molecule has 1 aromatic heterocycles. The Morgan fingerprint density at radius 3 is 2.11 bits per heavy atom. The van der Waals surface area contributed by atoms with Crippen LogP contribution >= 0.6 is 0 Å². The Hall–Kier alpha value is -3.84. The maximum Gasteiger partial charge on any atom is 0.416 e. The molecule has 3 heterocycles. The van der Waals surface area contributed by atoms with Crippen LogP contribution in [0.1, 0.15) is 54.0 Å². The topological polar surface area (TPSA) is 54.0 Å². The van der Waals surface area contributed by atoms with Crippen LogP contribution in [-0.4, -0.2) is 75.0 Å². The fourth-order valence-electron chi connectivity index (χ4n) is 5.99. The molecule has 0 N–H and O–H groups in total. The standard InChI is InChI=1S/C34H39F6N5O2/c1-22(2)24-5-6-31(46-4)30(15-24)29-7-8-43(3)20-25(29)21-45(32-41-17-28(18-42-32)44-9-11-47-12-10-44)19-23-13-26(33(35,36)37)16-27(14-23)34(38,39)40/h5-6,13-18,22H,7-12,19-21H2,1-4H3. The Bertz CT molecular complexity index is 1530. The molecule has 0 bridgehead atoms. The van der Waals surface area contributed by atoms with Crippen molar-refractivity contribution in [3.05, 3.63) is 82.2 Å². The molecule has 0 radical (unpaired) electrons. The Morgan fingerprint density at radius 2 is 1.53 bits per heavy atom. The minimum absolute atomic E-state index is 0.145. The van der Waals surface area contributed by atoms with Crippen LogP contribution in [0.3, 0.4) is 0 Å². The number of halogens is 6. The zero-order valence-corrected chi connectivity index (χ0v) is 26.9. The second kappa shape index (κ2) is 14.1. The second-order valence-electron chi connectivity index (χ2n) is 12.3. The molecule has 0 amide bonds. The molecular formula is C34H39F6N5O2. The van der Waals surface area contributed by atoms with Crippen molar-refractivity contribution in [2.24, 2.45) is 0 Å². The predicted molar refractivity (Wildman–Crippen MR) is 169 cm³/mol. The predicted octanol–water partition coefficient (Wildman–Crippen LogP) is 7.28. The zero-order valence-electron chi connectivity index (χ0n) is 26.9. The SMILES string of the molecule is COc1ccc(C(C)C)cc1C1=C(CN(Cc2cc(C(F)(F)F)cc(C(F)(F)F)c2)c2ncc(N3CCOCC3)cn2)CN(C)CC1. The number of nitrogens with zero attached hydrogens (tertiary/aromatic N) is 5. The van der Waals surface area contributed by atoms with E-state index in [2.05, 4.69) is 39.7 Å². The molecule has 2 aromatic carbocycles. The molecule has 2 aliphatic heterocycles.